The van der Waals surface area contributed by atoms with Gasteiger partial charge >= 0.3 is 5.97 Å². The summed E-state index contributed by atoms with van der Waals surface area (Å²) in [7, 11) is 0. The van der Waals surface area contributed by atoms with Gasteiger partial charge in [0.25, 0.3) is 5.79 Å². The lowest BCUT2D eigenvalue weighted by Gasteiger charge is -2.47. The second kappa shape index (κ2) is 10.6. The van der Waals surface area contributed by atoms with Gasteiger partial charge < -0.3 is 65.5 Å². The van der Waals surface area contributed by atoms with E-state index in [-0.39, 0.29) is 0 Å². The van der Waals surface area contributed by atoms with Crippen LogP contribution >= 0.6 is 0 Å². The molecule has 2 unspecified atom stereocenters. The third-order valence-electron chi connectivity index (χ3n) is 5.35. The Morgan fingerprint density at radius 3 is 2.28 bits per heavy atom. The van der Waals surface area contributed by atoms with Crippen LogP contribution in [0.2, 0.25) is 0 Å². The molecule has 0 aliphatic carbocycles. The van der Waals surface area contributed by atoms with E-state index in [4.69, 9.17) is 19.3 Å². The van der Waals surface area contributed by atoms with Gasteiger partial charge in [-0.25, -0.2) is 4.79 Å². The first kappa shape index (κ1) is 26.7. The number of aliphatic hydroxyl groups is 8. The third kappa shape index (κ3) is 5.52. The van der Waals surface area contributed by atoms with Crippen LogP contribution in [-0.4, -0.2) is 138 Å². The molecule has 15 heteroatoms. The number of carboxylic acids is 1. The summed E-state index contributed by atoms with van der Waals surface area (Å²) in [5.41, 5.74) is 0. The highest BCUT2D eigenvalue weighted by Gasteiger charge is 2.56. The molecule has 10 N–H and O–H groups in total. The summed E-state index contributed by atoms with van der Waals surface area (Å²) in [4.78, 5) is 23.5. The minimum atomic E-state index is -2.69. The molecule has 0 aromatic rings. The van der Waals surface area contributed by atoms with Gasteiger partial charge in [-0.15, -0.1) is 0 Å². The molecule has 1 amide bonds. The predicted molar refractivity (Wildman–Crippen MR) is 97.4 cm³/mol. The highest BCUT2D eigenvalue weighted by Crippen LogP contribution is 2.34. The molecule has 2 aliphatic rings. The normalized spacial score (nSPS) is 42.2. The summed E-state index contributed by atoms with van der Waals surface area (Å²) in [6, 6.07) is -1.39. The number of hydrogen-bond acceptors (Lipinski definition) is 13. The van der Waals surface area contributed by atoms with Crippen molar-refractivity contribution >= 4 is 11.9 Å². The molecule has 0 aromatic carbocycles. The summed E-state index contributed by atoms with van der Waals surface area (Å²) in [5.74, 6) is -5.15. The van der Waals surface area contributed by atoms with Gasteiger partial charge in [-0.05, 0) is 0 Å². The number of ether oxygens (including phenoxy) is 3. The number of amides is 1. The Balaban J connectivity index is 2.27. The van der Waals surface area contributed by atoms with Crippen molar-refractivity contribution in [2.75, 3.05) is 13.2 Å². The van der Waals surface area contributed by atoms with Crippen molar-refractivity contribution in [1.29, 1.82) is 0 Å². The molecule has 32 heavy (non-hydrogen) atoms. The second-order valence-corrected chi connectivity index (χ2v) is 7.73. The summed E-state index contributed by atoms with van der Waals surface area (Å²) < 4.78 is 15.5. The van der Waals surface area contributed by atoms with Crippen LogP contribution in [0.4, 0.5) is 0 Å². The fraction of sp³-hybridized carbons (Fsp3) is 0.882. The fourth-order valence-corrected chi connectivity index (χ4v) is 3.56. The number of hydrogen-bond donors (Lipinski definition) is 10. The molecule has 15 nitrogen and oxygen atoms in total. The van der Waals surface area contributed by atoms with Gasteiger partial charge in [0.2, 0.25) is 5.91 Å². The van der Waals surface area contributed by atoms with E-state index in [0.29, 0.717) is 0 Å². The first-order valence-corrected chi connectivity index (χ1v) is 9.69. The number of aliphatic carboxylic acids is 1. The van der Waals surface area contributed by atoms with Gasteiger partial charge in [0.1, 0.15) is 42.7 Å². The summed E-state index contributed by atoms with van der Waals surface area (Å²) in [6.45, 7) is -0.691. The van der Waals surface area contributed by atoms with Crippen LogP contribution in [-0.2, 0) is 23.8 Å². The van der Waals surface area contributed by atoms with Crippen molar-refractivity contribution in [3.63, 3.8) is 0 Å². The van der Waals surface area contributed by atoms with Crippen molar-refractivity contribution in [1.82, 2.24) is 5.32 Å². The molecule has 0 bridgehead atoms. The summed E-state index contributed by atoms with van der Waals surface area (Å²) in [5, 5.41) is 90.6. The number of nitrogens with one attached hydrogen (secondary N) is 1. The standard InChI is InChI=1S/C17H29NO14/c1-5(20)18-9-6(21)2-17(16(28)29,32-14(9)10(23)7(22)3-19)30-4-8-11(24)12(25)13(26)15(27)31-8/h6-15,19,21-27H,2-4H2,1H3,(H,18,20)(H,28,29)/t6-,7+,8+,9+,10+,11+,12-,13+,14-,15?,17?/m0/s1. The number of carbonyl (C=O) groups is 2. The second-order valence-electron chi connectivity index (χ2n) is 7.73. The lowest BCUT2D eigenvalue weighted by molar-refractivity contribution is -0.334. The van der Waals surface area contributed by atoms with Gasteiger partial charge in [-0.1, -0.05) is 0 Å². The highest BCUT2D eigenvalue weighted by atomic mass is 16.7. The van der Waals surface area contributed by atoms with Crippen LogP contribution in [0.1, 0.15) is 13.3 Å². The maximum Gasteiger partial charge on any atom is 0.364 e. The third-order valence-corrected chi connectivity index (χ3v) is 5.35. The highest BCUT2D eigenvalue weighted by molar-refractivity contribution is 5.76. The van der Waals surface area contributed by atoms with Gasteiger partial charge in [0.05, 0.1) is 25.4 Å². The fourth-order valence-electron chi connectivity index (χ4n) is 3.56. The average molecular weight is 471 g/mol. The predicted octanol–water partition coefficient (Wildman–Crippen LogP) is -6.05. The molecule has 2 saturated heterocycles. The number of aliphatic hydroxyl groups excluding tert-OH is 8. The number of carboxylic acid groups (broad SMARTS) is 1. The zero-order valence-electron chi connectivity index (χ0n) is 17.0. The molecule has 186 valence electrons. The van der Waals surface area contributed by atoms with E-state index >= 15 is 0 Å². The Morgan fingerprint density at radius 2 is 1.75 bits per heavy atom. The van der Waals surface area contributed by atoms with E-state index in [1.54, 1.807) is 0 Å². The Labute approximate surface area is 181 Å². The maximum atomic E-state index is 12.0. The quantitative estimate of drug-likeness (QED) is 0.158. The smallest absolute Gasteiger partial charge is 0.364 e. The molecular formula is C17H29NO14. The zero-order chi connectivity index (χ0) is 24.4. The molecule has 2 heterocycles. The monoisotopic (exact) mass is 471 g/mol. The van der Waals surface area contributed by atoms with Crippen LogP contribution in [0.25, 0.3) is 0 Å². The molecule has 2 aliphatic heterocycles. The summed E-state index contributed by atoms with van der Waals surface area (Å²) in [6.07, 6.45) is -16.9. The van der Waals surface area contributed by atoms with Gasteiger partial charge in [0, 0.05) is 13.3 Å². The minimum Gasteiger partial charge on any atom is -0.477 e. The molecule has 2 rings (SSSR count). The van der Waals surface area contributed by atoms with Crippen LogP contribution in [0.3, 0.4) is 0 Å². The van der Waals surface area contributed by atoms with Gasteiger partial charge in [-0.3, -0.25) is 4.79 Å². The Kier molecular flexibility index (Phi) is 8.88. The van der Waals surface area contributed by atoms with E-state index in [1.807, 2.05) is 0 Å². The van der Waals surface area contributed by atoms with Crippen molar-refractivity contribution in [3.05, 3.63) is 0 Å². The Morgan fingerprint density at radius 1 is 1.12 bits per heavy atom. The lowest BCUT2D eigenvalue weighted by Crippen LogP contribution is -2.68. The minimum absolute atomic E-state index is 0.669. The maximum absolute atomic E-state index is 12.0. The van der Waals surface area contributed by atoms with Gasteiger partial charge in [-0.2, -0.15) is 0 Å². The zero-order valence-corrected chi connectivity index (χ0v) is 17.0. The molecule has 2 fully saturated rings. The van der Waals surface area contributed by atoms with E-state index < -0.39 is 98.5 Å². The topological polar surface area (TPSA) is 256 Å². The largest absolute Gasteiger partial charge is 0.477 e. The first-order valence-electron chi connectivity index (χ1n) is 9.69. The van der Waals surface area contributed by atoms with E-state index in [9.17, 15) is 50.4 Å². The van der Waals surface area contributed by atoms with Crippen LogP contribution in [0.15, 0.2) is 0 Å². The van der Waals surface area contributed by atoms with E-state index in [1.165, 1.54) is 0 Å². The molecular weight excluding hydrogens is 442 g/mol. The number of rotatable bonds is 8. The Bertz CT molecular complexity index is 665. The van der Waals surface area contributed by atoms with Crippen molar-refractivity contribution in [2.45, 2.75) is 80.3 Å². The Hall–Kier alpha value is -1.50. The van der Waals surface area contributed by atoms with Crippen molar-refractivity contribution < 1.29 is 69.8 Å². The molecule has 11 atom stereocenters. The molecule has 0 saturated carbocycles. The van der Waals surface area contributed by atoms with Gasteiger partial charge in [0.15, 0.2) is 6.29 Å². The van der Waals surface area contributed by atoms with E-state index in [0.717, 1.165) is 6.92 Å². The number of carbonyl (C=O) groups excluding carboxylic acids is 1. The van der Waals surface area contributed by atoms with Crippen molar-refractivity contribution in [3.8, 4) is 0 Å². The SMILES string of the molecule is CC(=O)N[C@H]1[C@@H]([C@H](O)[C@H](O)CO)OC(OC[C@H]2OC(O)[C@H](O)[C@@H](O)[C@@H]2O)(C(=O)O)C[C@@H]1O. The van der Waals surface area contributed by atoms with Crippen LogP contribution in [0.5, 0.6) is 0 Å². The average Bonchev–Trinajstić information content (AvgIpc) is 2.73. The van der Waals surface area contributed by atoms with Crippen LogP contribution < -0.4 is 5.32 Å². The molecule has 0 radical (unpaired) electrons. The molecule has 0 aromatic heterocycles. The molecule has 0 spiro atoms. The first-order chi connectivity index (χ1) is 14.8. The van der Waals surface area contributed by atoms with Crippen LogP contribution in [0, 0.1) is 0 Å². The van der Waals surface area contributed by atoms with Crippen molar-refractivity contribution in [2.24, 2.45) is 0 Å². The summed E-state index contributed by atoms with van der Waals surface area (Å²) >= 11 is 0. The van der Waals surface area contributed by atoms with E-state index in [2.05, 4.69) is 5.32 Å². The lowest BCUT2D eigenvalue weighted by atomic mass is 9.88.